The van der Waals surface area contributed by atoms with E-state index < -0.39 is 0 Å². The number of fused-ring (bicyclic) bond motifs is 1. The summed E-state index contributed by atoms with van der Waals surface area (Å²) in [6, 6.07) is 15.9. The molecule has 4 aromatic rings. The second kappa shape index (κ2) is 5.98. The monoisotopic (exact) mass is 330 g/mol. The van der Waals surface area contributed by atoms with Crippen molar-refractivity contribution in [3.8, 4) is 5.82 Å². The Morgan fingerprint density at radius 3 is 2.36 bits per heavy atom. The Bertz CT molecular complexity index is 1050. The number of pyridine rings is 1. The molecule has 0 saturated carbocycles. The maximum atomic E-state index is 4.72. The molecule has 0 atom stereocenters. The number of hydrogen-bond acceptors (Lipinski definition) is 5. The SMILES string of the molecule is Cc1cc(C)nc(Nc2cc(C)nn2-c2ccc3ccccc3n2)n1. The highest BCUT2D eigenvalue weighted by Gasteiger charge is 2.11. The summed E-state index contributed by atoms with van der Waals surface area (Å²) in [6.07, 6.45) is 0. The number of aryl methyl sites for hydroxylation is 3. The first kappa shape index (κ1) is 15.3. The number of para-hydroxylation sites is 1. The molecule has 124 valence electrons. The van der Waals surface area contributed by atoms with Gasteiger partial charge < -0.3 is 5.32 Å². The molecule has 0 unspecified atom stereocenters. The Balaban J connectivity index is 1.77. The molecule has 0 amide bonds. The van der Waals surface area contributed by atoms with Gasteiger partial charge in [0, 0.05) is 22.8 Å². The number of nitrogens with zero attached hydrogens (tertiary/aromatic N) is 5. The second-order valence-corrected chi connectivity index (χ2v) is 6.04. The Hall–Kier alpha value is -3.28. The average Bonchev–Trinajstić information content (AvgIpc) is 2.94. The van der Waals surface area contributed by atoms with Gasteiger partial charge in [-0.1, -0.05) is 18.2 Å². The fourth-order valence-electron chi connectivity index (χ4n) is 2.83. The normalized spacial score (nSPS) is 11.0. The largest absolute Gasteiger partial charge is 0.309 e. The molecule has 25 heavy (non-hydrogen) atoms. The van der Waals surface area contributed by atoms with E-state index in [1.54, 1.807) is 4.68 Å². The molecule has 0 aliphatic rings. The molecule has 3 aromatic heterocycles. The molecular weight excluding hydrogens is 312 g/mol. The highest BCUT2D eigenvalue weighted by molar-refractivity contribution is 5.79. The second-order valence-electron chi connectivity index (χ2n) is 6.04. The van der Waals surface area contributed by atoms with Crippen LogP contribution in [0.1, 0.15) is 17.1 Å². The van der Waals surface area contributed by atoms with Crippen LogP contribution in [-0.4, -0.2) is 24.7 Å². The van der Waals surface area contributed by atoms with E-state index in [1.807, 2.05) is 69.3 Å². The average molecular weight is 330 g/mol. The summed E-state index contributed by atoms with van der Waals surface area (Å²) in [5.74, 6) is 2.09. The summed E-state index contributed by atoms with van der Waals surface area (Å²) in [5.41, 5.74) is 3.66. The highest BCUT2D eigenvalue weighted by Crippen LogP contribution is 2.21. The molecule has 0 aliphatic heterocycles. The maximum Gasteiger partial charge on any atom is 0.228 e. The van der Waals surface area contributed by atoms with E-state index in [2.05, 4.69) is 20.4 Å². The quantitative estimate of drug-likeness (QED) is 0.617. The van der Waals surface area contributed by atoms with Crippen LogP contribution < -0.4 is 5.32 Å². The summed E-state index contributed by atoms with van der Waals surface area (Å²) in [4.78, 5) is 13.6. The van der Waals surface area contributed by atoms with Gasteiger partial charge in [-0.3, -0.25) is 0 Å². The first-order valence-corrected chi connectivity index (χ1v) is 8.11. The van der Waals surface area contributed by atoms with Crippen molar-refractivity contribution < 1.29 is 0 Å². The van der Waals surface area contributed by atoms with Gasteiger partial charge in [0.15, 0.2) is 5.82 Å². The lowest BCUT2D eigenvalue weighted by Gasteiger charge is -2.09. The zero-order valence-corrected chi connectivity index (χ0v) is 14.4. The molecule has 1 N–H and O–H groups in total. The fourth-order valence-corrected chi connectivity index (χ4v) is 2.83. The summed E-state index contributed by atoms with van der Waals surface area (Å²) in [7, 11) is 0. The van der Waals surface area contributed by atoms with Crippen molar-refractivity contribution in [2.45, 2.75) is 20.8 Å². The maximum absolute atomic E-state index is 4.72. The molecule has 6 nitrogen and oxygen atoms in total. The lowest BCUT2D eigenvalue weighted by atomic mass is 10.2. The smallest absolute Gasteiger partial charge is 0.228 e. The van der Waals surface area contributed by atoms with Gasteiger partial charge >= 0.3 is 0 Å². The Labute approximate surface area is 145 Å². The predicted molar refractivity (Wildman–Crippen MR) is 98.4 cm³/mol. The first-order chi connectivity index (χ1) is 12.1. The van der Waals surface area contributed by atoms with Gasteiger partial charge in [-0.15, -0.1) is 0 Å². The van der Waals surface area contributed by atoms with Gasteiger partial charge in [-0.25, -0.2) is 15.0 Å². The van der Waals surface area contributed by atoms with E-state index in [1.165, 1.54) is 0 Å². The molecule has 0 saturated heterocycles. The number of nitrogens with one attached hydrogen (secondary N) is 1. The third kappa shape index (κ3) is 3.06. The van der Waals surface area contributed by atoms with Crippen LogP contribution in [0.5, 0.6) is 0 Å². The highest BCUT2D eigenvalue weighted by atomic mass is 15.4. The van der Waals surface area contributed by atoms with Gasteiger partial charge in [-0.2, -0.15) is 9.78 Å². The molecule has 6 heteroatoms. The number of aromatic nitrogens is 5. The number of benzene rings is 1. The van der Waals surface area contributed by atoms with Gasteiger partial charge in [0.25, 0.3) is 0 Å². The van der Waals surface area contributed by atoms with Crippen LogP contribution in [0.3, 0.4) is 0 Å². The Morgan fingerprint density at radius 1 is 0.800 bits per heavy atom. The standard InChI is InChI=1S/C19H18N6/c1-12-10-13(2)21-19(20-12)23-18-11-14(3)24-25(18)17-9-8-15-6-4-5-7-16(15)22-17/h4-11H,1-3H3,(H,20,21,23). The summed E-state index contributed by atoms with van der Waals surface area (Å²) in [6.45, 7) is 5.85. The summed E-state index contributed by atoms with van der Waals surface area (Å²) < 4.78 is 1.78. The van der Waals surface area contributed by atoms with Crippen LogP contribution in [0, 0.1) is 20.8 Å². The third-order valence-corrected chi connectivity index (χ3v) is 3.85. The van der Waals surface area contributed by atoms with E-state index in [4.69, 9.17) is 4.98 Å². The molecule has 3 heterocycles. The third-order valence-electron chi connectivity index (χ3n) is 3.85. The van der Waals surface area contributed by atoms with E-state index in [-0.39, 0.29) is 0 Å². The number of hydrogen-bond donors (Lipinski definition) is 1. The molecular formula is C19H18N6. The molecule has 0 fully saturated rings. The minimum atomic E-state index is 0.555. The number of anilines is 2. The van der Waals surface area contributed by atoms with E-state index in [9.17, 15) is 0 Å². The molecule has 0 bridgehead atoms. The van der Waals surface area contributed by atoms with E-state index in [0.29, 0.717) is 5.95 Å². The summed E-state index contributed by atoms with van der Waals surface area (Å²) >= 11 is 0. The Morgan fingerprint density at radius 2 is 1.56 bits per heavy atom. The van der Waals surface area contributed by atoms with Crippen molar-refractivity contribution in [1.29, 1.82) is 0 Å². The molecule has 1 aromatic carbocycles. The van der Waals surface area contributed by atoms with Crippen molar-refractivity contribution >= 4 is 22.7 Å². The van der Waals surface area contributed by atoms with Gasteiger partial charge in [0.05, 0.1) is 11.2 Å². The first-order valence-electron chi connectivity index (χ1n) is 8.11. The molecule has 4 rings (SSSR count). The van der Waals surface area contributed by atoms with Crippen molar-refractivity contribution in [2.24, 2.45) is 0 Å². The van der Waals surface area contributed by atoms with Crippen molar-refractivity contribution in [3.05, 3.63) is 65.6 Å². The lowest BCUT2D eigenvalue weighted by molar-refractivity contribution is 0.842. The van der Waals surface area contributed by atoms with Crippen LogP contribution >= 0.6 is 0 Å². The lowest BCUT2D eigenvalue weighted by Crippen LogP contribution is -2.07. The zero-order chi connectivity index (χ0) is 17.4. The van der Waals surface area contributed by atoms with E-state index in [0.717, 1.165) is 39.6 Å². The van der Waals surface area contributed by atoms with Gasteiger partial charge in [0.1, 0.15) is 5.82 Å². The Kier molecular flexibility index (Phi) is 3.65. The van der Waals surface area contributed by atoms with Crippen LogP contribution in [0.25, 0.3) is 16.7 Å². The van der Waals surface area contributed by atoms with Crippen molar-refractivity contribution in [1.82, 2.24) is 24.7 Å². The minimum absolute atomic E-state index is 0.555. The number of rotatable bonds is 3. The van der Waals surface area contributed by atoms with Crippen molar-refractivity contribution in [3.63, 3.8) is 0 Å². The molecule has 0 spiro atoms. The minimum Gasteiger partial charge on any atom is -0.309 e. The van der Waals surface area contributed by atoms with Crippen LogP contribution in [0.2, 0.25) is 0 Å². The van der Waals surface area contributed by atoms with Gasteiger partial charge in [0.2, 0.25) is 5.95 Å². The molecule has 0 aliphatic carbocycles. The topological polar surface area (TPSA) is 68.5 Å². The molecule has 0 radical (unpaired) electrons. The van der Waals surface area contributed by atoms with Crippen LogP contribution in [-0.2, 0) is 0 Å². The fraction of sp³-hybridized carbons (Fsp3) is 0.158. The van der Waals surface area contributed by atoms with Crippen LogP contribution in [0.15, 0.2) is 48.5 Å². The summed E-state index contributed by atoms with van der Waals surface area (Å²) in [5, 5.41) is 8.92. The predicted octanol–water partition coefficient (Wildman–Crippen LogP) is 3.88. The van der Waals surface area contributed by atoms with E-state index >= 15 is 0 Å². The van der Waals surface area contributed by atoms with Crippen molar-refractivity contribution in [2.75, 3.05) is 5.32 Å². The zero-order valence-electron chi connectivity index (χ0n) is 14.4. The van der Waals surface area contributed by atoms with Crippen LogP contribution in [0.4, 0.5) is 11.8 Å². The van der Waals surface area contributed by atoms with Gasteiger partial charge in [-0.05, 0) is 45.0 Å².